The number of halogens is 3. The Balaban J connectivity index is 1.63. The fraction of sp³-hybridized carbons (Fsp3) is 0.409. The monoisotopic (exact) mass is 464 g/mol. The molecule has 0 bridgehead atoms. The first-order valence-electron chi connectivity index (χ1n) is 10.4. The van der Waals surface area contributed by atoms with E-state index in [0.29, 0.717) is 5.82 Å². The summed E-state index contributed by atoms with van der Waals surface area (Å²) in [5.74, 6) is 0.0360. The Morgan fingerprint density at radius 1 is 1.06 bits per heavy atom. The van der Waals surface area contributed by atoms with Crippen molar-refractivity contribution < 1.29 is 22.8 Å². The molecule has 2 heterocycles. The first-order chi connectivity index (χ1) is 15.2. The molecule has 4 rings (SSSR count). The second kappa shape index (κ2) is 9.01. The van der Waals surface area contributed by atoms with Gasteiger partial charge >= 0.3 is 11.5 Å². The number of thioether (sulfide) groups is 1. The Hall–Kier alpha value is -2.75. The maximum atomic E-state index is 13.4. The second-order valence-electron chi connectivity index (χ2n) is 8.06. The summed E-state index contributed by atoms with van der Waals surface area (Å²) in [5.41, 5.74) is 2.40. The highest BCUT2D eigenvalue weighted by molar-refractivity contribution is 8.00. The molecule has 170 valence electrons. The maximum Gasteiger partial charge on any atom is 0.446 e. The molecule has 1 aromatic heterocycles. The fourth-order valence-electron chi connectivity index (χ4n) is 4.50. The standard InChI is InChI=1S/C22H23F3N4O2S/c23-22(24,25)32-17-8-6-16(7-9-17)29-20(30)19(15-4-2-1-3-5-15)28(21(29)31)13-14-10-11-27-18(26)12-14/h6-12,15,19H,1-5,13H2,(H2,26,27)/t19-/m0/s1. The van der Waals surface area contributed by atoms with E-state index in [1.165, 1.54) is 24.3 Å². The number of imide groups is 1. The lowest BCUT2D eigenvalue weighted by atomic mass is 9.83. The Bertz CT molecular complexity index is 993. The third-order valence-corrected chi connectivity index (χ3v) is 6.61. The van der Waals surface area contributed by atoms with Crippen molar-refractivity contribution >= 4 is 35.2 Å². The molecule has 2 aromatic rings. The van der Waals surface area contributed by atoms with Gasteiger partial charge in [-0.15, -0.1) is 0 Å². The summed E-state index contributed by atoms with van der Waals surface area (Å²) in [7, 11) is 0. The van der Waals surface area contributed by atoms with Gasteiger partial charge in [-0.1, -0.05) is 19.3 Å². The van der Waals surface area contributed by atoms with Gasteiger partial charge in [-0.3, -0.25) is 4.79 Å². The number of nitrogen functional groups attached to an aromatic ring is 1. The molecular formula is C22H23F3N4O2S. The Kier molecular flexibility index (Phi) is 6.32. The predicted octanol–water partition coefficient (Wildman–Crippen LogP) is 5.19. The number of urea groups is 1. The van der Waals surface area contributed by atoms with Crippen LogP contribution in [0.1, 0.15) is 37.7 Å². The van der Waals surface area contributed by atoms with E-state index in [2.05, 4.69) is 4.98 Å². The lowest BCUT2D eigenvalue weighted by molar-refractivity contribution is -0.121. The second-order valence-corrected chi connectivity index (χ2v) is 9.20. The van der Waals surface area contributed by atoms with Crippen LogP contribution in [0.4, 0.5) is 29.5 Å². The molecule has 1 atom stereocenters. The van der Waals surface area contributed by atoms with Gasteiger partial charge in [-0.25, -0.2) is 14.7 Å². The van der Waals surface area contributed by atoms with Crippen molar-refractivity contribution in [2.75, 3.05) is 10.6 Å². The minimum Gasteiger partial charge on any atom is -0.384 e. The molecule has 1 aromatic carbocycles. The lowest BCUT2D eigenvalue weighted by Gasteiger charge is -2.31. The minimum atomic E-state index is -4.41. The Morgan fingerprint density at radius 3 is 2.38 bits per heavy atom. The van der Waals surface area contributed by atoms with E-state index < -0.39 is 17.6 Å². The van der Waals surface area contributed by atoms with Crippen molar-refractivity contribution in [2.24, 2.45) is 5.92 Å². The number of carbonyl (C=O) groups is 2. The maximum absolute atomic E-state index is 13.4. The minimum absolute atomic E-state index is 0.00621. The summed E-state index contributed by atoms with van der Waals surface area (Å²) in [4.78, 5) is 33.4. The van der Waals surface area contributed by atoms with Crippen LogP contribution in [0.15, 0.2) is 47.5 Å². The molecule has 0 radical (unpaired) electrons. The highest BCUT2D eigenvalue weighted by Gasteiger charge is 2.49. The van der Waals surface area contributed by atoms with Crippen molar-refractivity contribution in [3.8, 4) is 0 Å². The number of hydrogen-bond acceptors (Lipinski definition) is 5. The van der Waals surface area contributed by atoms with Gasteiger partial charge in [0.15, 0.2) is 0 Å². The molecule has 1 saturated carbocycles. The highest BCUT2D eigenvalue weighted by atomic mass is 32.2. The summed E-state index contributed by atoms with van der Waals surface area (Å²) < 4.78 is 37.9. The zero-order valence-corrected chi connectivity index (χ0v) is 18.0. The smallest absolute Gasteiger partial charge is 0.384 e. The molecule has 10 heteroatoms. The quantitative estimate of drug-likeness (QED) is 0.486. The molecule has 0 spiro atoms. The fourth-order valence-corrected chi connectivity index (χ4v) is 5.04. The van der Waals surface area contributed by atoms with Gasteiger partial charge in [0.05, 0.1) is 5.69 Å². The van der Waals surface area contributed by atoms with Gasteiger partial charge < -0.3 is 10.6 Å². The van der Waals surface area contributed by atoms with E-state index in [1.54, 1.807) is 23.2 Å². The number of pyridine rings is 1. The first kappa shape index (κ1) is 22.4. The average molecular weight is 465 g/mol. The number of benzene rings is 1. The summed E-state index contributed by atoms with van der Waals surface area (Å²) in [6.07, 6.45) is 6.37. The van der Waals surface area contributed by atoms with Crippen molar-refractivity contribution in [1.29, 1.82) is 0 Å². The number of hydrogen-bond donors (Lipinski definition) is 1. The Labute approximate surface area is 188 Å². The van der Waals surface area contributed by atoms with Gasteiger partial charge in [0, 0.05) is 17.6 Å². The number of nitrogens with two attached hydrogens (primary N) is 1. The number of aromatic nitrogens is 1. The Morgan fingerprint density at radius 2 is 1.75 bits per heavy atom. The van der Waals surface area contributed by atoms with Crippen LogP contribution in [0.25, 0.3) is 0 Å². The number of rotatable bonds is 5. The van der Waals surface area contributed by atoms with Gasteiger partial charge in [0.1, 0.15) is 11.9 Å². The first-order valence-corrected chi connectivity index (χ1v) is 11.3. The zero-order chi connectivity index (χ0) is 22.9. The average Bonchev–Trinajstić information content (AvgIpc) is 2.98. The molecule has 1 aliphatic carbocycles. The van der Waals surface area contributed by atoms with E-state index in [9.17, 15) is 22.8 Å². The van der Waals surface area contributed by atoms with Gasteiger partial charge in [0.25, 0.3) is 5.91 Å². The number of anilines is 2. The van der Waals surface area contributed by atoms with Crippen molar-refractivity contribution in [3.63, 3.8) is 0 Å². The molecule has 0 unspecified atom stereocenters. The number of carbonyl (C=O) groups excluding carboxylic acids is 2. The molecule has 3 amide bonds. The van der Waals surface area contributed by atoms with E-state index >= 15 is 0 Å². The molecule has 2 aliphatic rings. The van der Waals surface area contributed by atoms with Crippen LogP contribution in [-0.4, -0.2) is 33.4 Å². The number of nitrogens with zero attached hydrogens (tertiary/aromatic N) is 3. The molecule has 2 fully saturated rings. The summed E-state index contributed by atoms with van der Waals surface area (Å²) in [6, 6.07) is 7.65. The topological polar surface area (TPSA) is 79.5 Å². The number of amides is 3. The number of alkyl halides is 3. The van der Waals surface area contributed by atoms with Crippen LogP contribution >= 0.6 is 11.8 Å². The van der Waals surface area contributed by atoms with Crippen LogP contribution in [0, 0.1) is 5.92 Å². The SMILES string of the molecule is Nc1cc(CN2C(=O)N(c3ccc(SC(F)(F)F)cc3)C(=O)[C@@H]2C2CCCCC2)ccn1. The molecule has 32 heavy (non-hydrogen) atoms. The van der Waals surface area contributed by atoms with Gasteiger partial charge in [-0.05, 0) is 72.5 Å². The van der Waals surface area contributed by atoms with Gasteiger partial charge in [-0.2, -0.15) is 13.2 Å². The molecule has 2 N–H and O–H groups in total. The lowest BCUT2D eigenvalue weighted by Crippen LogP contribution is -2.41. The molecule has 6 nitrogen and oxygen atoms in total. The van der Waals surface area contributed by atoms with Gasteiger partial charge in [0.2, 0.25) is 0 Å². The molecular weight excluding hydrogens is 441 g/mol. The predicted molar refractivity (Wildman–Crippen MR) is 116 cm³/mol. The van der Waals surface area contributed by atoms with E-state index in [0.717, 1.165) is 42.6 Å². The van der Waals surface area contributed by atoms with Crippen LogP contribution < -0.4 is 10.6 Å². The van der Waals surface area contributed by atoms with Crippen LogP contribution in [0.5, 0.6) is 0 Å². The largest absolute Gasteiger partial charge is 0.446 e. The van der Waals surface area contributed by atoms with Crippen molar-refractivity contribution in [1.82, 2.24) is 9.88 Å². The van der Waals surface area contributed by atoms with E-state index in [4.69, 9.17) is 5.73 Å². The highest BCUT2D eigenvalue weighted by Crippen LogP contribution is 2.39. The van der Waals surface area contributed by atoms with Crippen molar-refractivity contribution in [3.05, 3.63) is 48.2 Å². The summed E-state index contributed by atoms with van der Waals surface area (Å²) in [6.45, 7) is 0.205. The van der Waals surface area contributed by atoms with Crippen LogP contribution in [0.2, 0.25) is 0 Å². The van der Waals surface area contributed by atoms with Crippen LogP contribution in [0.3, 0.4) is 0 Å². The van der Waals surface area contributed by atoms with E-state index in [-0.39, 0.29) is 40.7 Å². The normalized spacial score (nSPS) is 20.3. The molecule has 1 aliphatic heterocycles. The zero-order valence-electron chi connectivity index (χ0n) is 17.2. The summed E-state index contributed by atoms with van der Waals surface area (Å²) >= 11 is -0.236. The van der Waals surface area contributed by atoms with Crippen molar-refractivity contribution in [2.45, 2.75) is 55.1 Å². The third-order valence-electron chi connectivity index (χ3n) is 5.87. The molecule has 1 saturated heterocycles. The van der Waals surface area contributed by atoms with Crippen LogP contribution in [-0.2, 0) is 11.3 Å². The third kappa shape index (κ3) is 4.85. The summed E-state index contributed by atoms with van der Waals surface area (Å²) in [5, 5.41) is 0. The van der Waals surface area contributed by atoms with E-state index in [1.807, 2.05) is 0 Å².